The standard InChI is InChI=1S/C34H36N6/c1-22-8-5-11-29(35-22)25-14-18-27(19-15-25)32-37-33(39-34(38-32)31-13-7-10-24(3)40(31)4)28-20-16-26(17-21-28)30-12-6-9-23(2)36-30/h5-22,30-32,35-36H,1-4H3,(H,37,38,39). The van der Waals surface area contributed by atoms with Crippen molar-refractivity contribution in [2.45, 2.75) is 45.1 Å². The Morgan fingerprint density at radius 3 is 2.17 bits per heavy atom. The lowest BCUT2D eigenvalue weighted by Crippen LogP contribution is -2.47. The number of hydrogen-bond donors (Lipinski definition) is 3. The second kappa shape index (κ2) is 10.9. The average Bonchev–Trinajstić information content (AvgIpc) is 2.98. The summed E-state index contributed by atoms with van der Waals surface area (Å²) in [5.74, 6) is 1.63. The molecular weight excluding hydrogens is 492 g/mol. The normalized spacial score (nSPS) is 25.5. The van der Waals surface area contributed by atoms with Crippen LogP contribution in [0.2, 0.25) is 0 Å². The van der Waals surface area contributed by atoms with E-state index in [4.69, 9.17) is 9.98 Å². The number of aliphatic imine (C=N–C) groups is 2. The van der Waals surface area contributed by atoms with E-state index in [0.717, 1.165) is 39.8 Å². The minimum atomic E-state index is -0.243. The molecule has 0 spiro atoms. The van der Waals surface area contributed by atoms with E-state index in [1.165, 1.54) is 11.3 Å². The fourth-order valence-corrected chi connectivity index (χ4v) is 5.33. The number of rotatable bonds is 5. The Hall–Kier alpha value is -4.58. The highest BCUT2D eigenvalue weighted by atomic mass is 15.3. The van der Waals surface area contributed by atoms with E-state index in [1.54, 1.807) is 0 Å². The van der Waals surface area contributed by atoms with Crippen LogP contribution in [0.5, 0.6) is 0 Å². The lowest BCUT2D eigenvalue weighted by atomic mass is 10.0. The van der Waals surface area contributed by atoms with Gasteiger partial charge in [-0.25, -0.2) is 9.98 Å². The SMILES string of the molecule is CC1=CC=CC(c2ccc(C3=NC(c4ccc(C5=CC=CC(C)N5)cc4)NC(C4C=CC=C(C)N4C)=N3)cc2)N1. The molecule has 6 nitrogen and oxygen atoms in total. The lowest BCUT2D eigenvalue weighted by Gasteiger charge is -2.34. The average molecular weight is 529 g/mol. The summed E-state index contributed by atoms with van der Waals surface area (Å²) in [7, 11) is 2.11. The molecule has 202 valence electrons. The maximum Gasteiger partial charge on any atom is 0.159 e. The van der Waals surface area contributed by atoms with Crippen LogP contribution in [0, 0.1) is 0 Å². The van der Waals surface area contributed by atoms with Crippen LogP contribution >= 0.6 is 0 Å². The van der Waals surface area contributed by atoms with E-state index in [2.05, 4.69) is 152 Å². The van der Waals surface area contributed by atoms with Gasteiger partial charge in [0.25, 0.3) is 0 Å². The monoisotopic (exact) mass is 528 g/mol. The highest BCUT2D eigenvalue weighted by Crippen LogP contribution is 2.26. The van der Waals surface area contributed by atoms with Gasteiger partial charge in [0, 0.05) is 35.7 Å². The number of nitrogens with zero attached hydrogens (tertiary/aromatic N) is 3. The minimum Gasteiger partial charge on any atom is -0.379 e. The van der Waals surface area contributed by atoms with E-state index in [0.29, 0.717) is 6.04 Å². The Morgan fingerprint density at radius 2 is 1.43 bits per heavy atom. The van der Waals surface area contributed by atoms with Crippen molar-refractivity contribution in [2.75, 3.05) is 7.05 Å². The number of hydrogen-bond acceptors (Lipinski definition) is 6. The first-order valence-electron chi connectivity index (χ1n) is 13.9. The van der Waals surface area contributed by atoms with Crippen LogP contribution in [0.15, 0.2) is 125 Å². The van der Waals surface area contributed by atoms with Crippen LogP contribution in [0.4, 0.5) is 0 Å². The van der Waals surface area contributed by atoms with Crippen molar-refractivity contribution in [3.8, 4) is 0 Å². The molecule has 6 rings (SSSR count). The van der Waals surface area contributed by atoms with Crippen molar-refractivity contribution >= 4 is 17.4 Å². The molecule has 0 amide bonds. The number of allylic oxidation sites excluding steroid dienone is 8. The molecule has 2 aromatic carbocycles. The minimum absolute atomic E-state index is 0.00718. The summed E-state index contributed by atoms with van der Waals surface area (Å²) in [6, 6.07) is 17.7. The highest BCUT2D eigenvalue weighted by Gasteiger charge is 2.28. The van der Waals surface area contributed by atoms with Crippen molar-refractivity contribution in [3.05, 3.63) is 137 Å². The molecule has 0 fully saturated rings. The van der Waals surface area contributed by atoms with Gasteiger partial charge in [-0.1, -0.05) is 85.0 Å². The van der Waals surface area contributed by atoms with Crippen LogP contribution < -0.4 is 16.0 Å². The Morgan fingerprint density at radius 1 is 0.725 bits per heavy atom. The van der Waals surface area contributed by atoms with E-state index in [9.17, 15) is 0 Å². The molecule has 4 unspecified atom stereocenters. The van der Waals surface area contributed by atoms with E-state index >= 15 is 0 Å². The summed E-state index contributed by atoms with van der Waals surface area (Å²) in [5.41, 5.74) is 7.97. The largest absolute Gasteiger partial charge is 0.379 e. The first-order valence-corrected chi connectivity index (χ1v) is 13.9. The number of likely N-dealkylation sites (N-methyl/N-ethyl adjacent to an activating group) is 1. The molecule has 0 aromatic heterocycles. The van der Waals surface area contributed by atoms with Gasteiger partial charge in [-0.05, 0) is 55.7 Å². The van der Waals surface area contributed by atoms with Gasteiger partial charge < -0.3 is 20.9 Å². The molecule has 2 aromatic rings. The van der Waals surface area contributed by atoms with Crippen molar-refractivity contribution in [1.29, 1.82) is 0 Å². The number of benzene rings is 2. The molecule has 40 heavy (non-hydrogen) atoms. The second-order valence-corrected chi connectivity index (χ2v) is 10.7. The van der Waals surface area contributed by atoms with Crippen molar-refractivity contribution < 1.29 is 0 Å². The smallest absolute Gasteiger partial charge is 0.159 e. The van der Waals surface area contributed by atoms with Gasteiger partial charge in [-0.15, -0.1) is 0 Å². The van der Waals surface area contributed by atoms with Gasteiger partial charge >= 0.3 is 0 Å². The lowest BCUT2D eigenvalue weighted by molar-refractivity contribution is 0.403. The third kappa shape index (κ3) is 5.30. The summed E-state index contributed by atoms with van der Waals surface area (Å²) in [4.78, 5) is 12.4. The number of amidine groups is 2. The van der Waals surface area contributed by atoms with Crippen LogP contribution in [0.3, 0.4) is 0 Å². The Bertz CT molecular complexity index is 1520. The van der Waals surface area contributed by atoms with Gasteiger partial charge in [0.05, 0.1) is 6.04 Å². The zero-order valence-electron chi connectivity index (χ0n) is 23.5. The maximum absolute atomic E-state index is 5.10. The highest BCUT2D eigenvalue weighted by molar-refractivity contribution is 6.09. The second-order valence-electron chi connectivity index (χ2n) is 10.7. The zero-order valence-corrected chi connectivity index (χ0v) is 23.5. The Balaban J connectivity index is 1.31. The van der Waals surface area contributed by atoms with Gasteiger partial charge in [-0.2, -0.15) is 0 Å². The van der Waals surface area contributed by atoms with E-state index in [-0.39, 0.29) is 18.2 Å². The van der Waals surface area contributed by atoms with Crippen LogP contribution in [-0.4, -0.2) is 35.7 Å². The predicted molar refractivity (Wildman–Crippen MR) is 166 cm³/mol. The molecule has 4 aliphatic heterocycles. The number of dihydropyridines is 2. The fourth-order valence-electron chi connectivity index (χ4n) is 5.33. The van der Waals surface area contributed by atoms with E-state index < -0.39 is 0 Å². The van der Waals surface area contributed by atoms with Crippen molar-refractivity contribution in [1.82, 2.24) is 20.9 Å². The Kier molecular flexibility index (Phi) is 6.99. The molecule has 3 N–H and O–H groups in total. The van der Waals surface area contributed by atoms with Crippen LogP contribution in [0.1, 0.15) is 55.2 Å². The molecule has 4 aliphatic rings. The predicted octanol–water partition coefficient (Wildman–Crippen LogP) is 5.90. The molecular formula is C34H36N6. The molecule has 4 atom stereocenters. The van der Waals surface area contributed by atoms with Crippen molar-refractivity contribution in [2.24, 2.45) is 9.98 Å². The molecule has 0 aliphatic carbocycles. The van der Waals surface area contributed by atoms with Crippen LogP contribution in [-0.2, 0) is 0 Å². The topological polar surface area (TPSA) is 64.0 Å². The summed E-state index contributed by atoms with van der Waals surface area (Å²) in [5, 5.41) is 10.7. The van der Waals surface area contributed by atoms with E-state index in [1.807, 2.05) is 0 Å². The molecule has 0 saturated carbocycles. The first kappa shape index (κ1) is 25.7. The van der Waals surface area contributed by atoms with Crippen LogP contribution in [0.25, 0.3) is 5.70 Å². The first-order chi connectivity index (χ1) is 19.4. The van der Waals surface area contributed by atoms with Crippen molar-refractivity contribution in [3.63, 3.8) is 0 Å². The number of nitrogens with one attached hydrogen (secondary N) is 3. The summed E-state index contributed by atoms with van der Waals surface area (Å²) < 4.78 is 0. The molecule has 0 saturated heterocycles. The third-order valence-electron chi connectivity index (χ3n) is 7.79. The molecule has 6 heteroatoms. The maximum atomic E-state index is 5.10. The quantitative estimate of drug-likeness (QED) is 0.452. The van der Waals surface area contributed by atoms with Gasteiger partial charge in [0.2, 0.25) is 0 Å². The van der Waals surface area contributed by atoms with Gasteiger partial charge in [0.1, 0.15) is 18.0 Å². The zero-order chi connectivity index (χ0) is 27.6. The molecule has 0 radical (unpaired) electrons. The third-order valence-corrected chi connectivity index (χ3v) is 7.79. The molecule has 0 bridgehead atoms. The summed E-state index contributed by atoms with van der Waals surface area (Å²) in [6.07, 6.45) is 18.9. The Labute approximate surface area is 237 Å². The molecule has 4 heterocycles. The van der Waals surface area contributed by atoms with Gasteiger partial charge in [0.15, 0.2) is 5.84 Å². The summed E-state index contributed by atoms with van der Waals surface area (Å²) >= 11 is 0. The van der Waals surface area contributed by atoms with Gasteiger partial charge in [-0.3, -0.25) is 0 Å². The fraction of sp³-hybridized carbons (Fsp3) is 0.235. The summed E-state index contributed by atoms with van der Waals surface area (Å²) in [6.45, 7) is 6.37.